The maximum atomic E-state index is 11.4. The van der Waals surface area contributed by atoms with Crippen molar-refractivity contribution in [3.05, 3.63) is 0 Å². The van der Waals surface area contributed by atoms with Gasteiger partial charge >= 0.3 is 5.97 Å². The zero-order valence-corrected chi connectivity index (χ0v) is 11.1. The monoisotopic (exact) mass is 273 g/mol. The third-order valence-electron chi connectivity index (χ3n) is 4.96. The minimum absolute atomic E-state index is 0.0803. The van der Waals surface area contributed by atoms with Crippen molar-refractivity contribution < 1.29 is 18.3 Å². The molecule has 0 aromatic carbocycles. The molecule has 2 aliphatic carbocycles. The highest BCUT2D eigenvalue weighted by atomic mass is 32.2. The Hall–Kier alpha value is -0.620. The van der Waals surface area contributed by atoms with Crippen molar-refractivity contribution in [3.8, 4) is 0 Å². The first kappa shape index (κ1) is 12.4. The second kappa shape index (κ2) is 4.20. The molecule has 102 valence electrons. The maximum Gasteiger partial charge on any atom is 0.308 e. The fraction of sp³-hybridized carbons (Fsp3) is 0.917. The van der Waals surface area contributed by atoms with Gasteiger partial charge in [-0.05, 0) is 31.1 Å². The molecule has 1 N–H and O–H groups in total. The predicted octanol–water partition coefficient (Wildman–Crippen LogP) is 0.216. The van der Waals surface area contributed by atoms with E-state index in [1.54, 1.807) is 0 Å². The summed E-state index contributed by atoms with van der Waals surface area (Å²) in [5.74, 6) is 0.193. The lowest BCUT2D eigenvalue weighted by molar-refractivity contribution is -0.146. The number of carboxylic acid groups (broad SMARTS) is 1. The first-order valence-electron chi connectivity index (χ1n) is 6.65. The van der Waals surface area contributed by atoms with Gasteiger partial charge in [-0.3, -0.25) is 9.69 Å². The van der Waals surface area contributed by atoms with Crippen molar-refractivity contribution in [2.75, 3.05) is 24.6 Å². The lowest BCUT2D eigenvalue weighted by Gasteiger charge is -2.39. The summed E-state index contributed by atoms with van der Waals surface area (Å²) in [4.78, 5) is 13.6. The molecule has 18 heavy (non-hydrogen) atoms. The van der Waals surface area contributed by atoms with E-state index in [1.165, 1.54) is 0 Å². The summed E-state index contributed by atoms with van der Waals surface area (Å²) in [6, 6.07) is 0.0803. The molecule has 1 aliphatic heterocycles. The fourth-order valence-electron chi connectivity index (χ4n) is 4.16. The molecule has 3 fully saturated rings. The lowest BCUT2D eigenvalue weighted by atomic mass is 9.83. The minimum atomic E-state index is -2.89. The van der Waals surface area contributed by atoms with E-state index in [1.807, 2.05) is 0 Å². The number of aliphatic carboxylic acids is 1. The van der Waals surface area contributed by atoms with Crippen molar-refractivity contribution >= 4 is 15.8 Å². The van der Waals surface area contributed by atoms with Gasteiger partial charge < -0.3 is 5.11 Å². The molecule has 3 rings (SSSR count). The van der Waals surface area contributed by atoms with E-state index in [4.69, 9.17) is 0 Å². The Kier molecular flexibility index (Phi) is 2.90. The summed E-state index contributed by atoms with van der Waals surface area (Å²) in [5, 5.41) is 9.39. The SMILES string of the molecule is O=C(O)C1C2CCC(C2)C1N1CCS(=O)(=O)CC1. The minimum Gasteiger partial charge on any atom is -0.481 e. The van der Waals surface area contributed by atoms with Crippen LogP contribution in [-0.2, 0) is 14.6 Å². The Bertz CT molecular complexity index is 447. The average Bonchev–Trinajstić information content (AvgIpc) is 2.88. The quantitative estimate of drug-likeness (QED) is 0.779. The van der Waals surface area contributed by atoms with E-state index >= 15 is 0 Å². The van der Waals surface area contributed by atoms with Gasteiger partial charge in [0.2, 0.25) is 0 Å². The molecule has 0 aromatic heterocycles. The van der Waals surface area contributed by atoms with Crippen molar-refractivity contribution in [1.29, 1.82) is 0 Å². The molecule has 4 unspecified atom stereocenters. The summed E-state index contributed by atoms with van der Waals surface area (Å²) in [5.41, 5.74) is 0. The van der Waals surface area contributed by atoms with Crippen LogP contribution in [0.15, 0.2) is 0 Å². The number of carbonyl (C=O) groups is 1. The van der Waals surface area contributed by atoms with Crippen LogP contribution in [0.1, 0.15) is 19.3 Å². The van der Waals surface area contributed by atoms with E-state index in [2.05, 4.69) is 4.90 Å². The number of nitrogens with zero attached hydrogens (tertiary/aromatic N) is 1. The van der Waals surface area contributed by atoms with Gasteiger partial charge in [-0.15, -0.1) is 0 Å². The first-order chi connectivity index (χ1) is 8.48. The standard InChI is InChI=1S/C12H19NO4S/c14-12(15)10-8-1-2-9(7-8)11(10)13-3-5-18(16,17)6-4-13/h8-11H,1-7H2,(H,14,15). The zero-order chi connectivity index (χ0) is 12.9. The summed E-state index contributed by atoms with van der Waals surface area (Å²) in [6.45, 7) is 1.03. The van der Waals surface area contributed by atoms with Gasteiger partial charge in [0.05, 0.1) is 17.4 Å². The molecule has 4 atom stereocenters. The molecule has 0 amide bonds. The molecule has 5 nitrogen and oxygen atoms in total. The Morgan fingerprint density at radius 1 is 1.11 bits per heavy atom. The second-order valence-electron chi connectivity index (χ2n) is 5.88. The number of rotatable bonds is 2. The normalized spacial score (nSPS) is 43.1. The van der Waals surface area contributed by atoms with Gasteiger partial charge in [0.15, 0.2) is 9.84 Å². The molecule has 1 saturated heterocycles. The molecule has 0 spiro atoms. The number of hydrogen-bond donors (Lipinski definition) is 1. The predicted molar refractivity (Wildman–Crippen MR) is 66.0 cm³/mol. The Morgan fingerprint density at radius 2 is 1.72 bits per heavy atom. The average molecular weight is 273 g/mol. The van der Waals surface area contributed by atoms with E-state index in [9.17, 15) is 18.3 Å². The van der Waals surface area contributed by atoms with Crippen LogP contribution in [0.25, 0.3) is 0 Å². The zero-order valence-electron chi connectivity index (χ0n) is 10.3. The van der Waals surface area contributed by atoms with Gasteiger partial charge in [-0.25, -0.2) is 8.42 Å². The lowest BCUT2D eigenvalue weighted by Crippen LogP contribution is -2.52. The molecule has 6 heteroatoms. The molecular weight excluding hydrogens is 254 g/mol. The number of carboxylic acids is 1. The van der Waals surface area contributed by atoms with Crippen molar-refractivity contribution in [3.63, 3.8) is 0 Å². The molecular formula is C12H19NO4S. The molecule has 2 saturated carbocycles. The Balaban J connectivity index is 1.77. The summed E-state index contributed by atoms with van der Waals surface area (Å²) >= 11 is 0. The third kappa shape index (κ3) is 1.95. The van der Waals surface area contributed by atoms with Crippen molar-refractivity contribution in [2.45, 2.75) is 25.3 Å². The molecule has 3 aliphatic rings. The number of sulfone groups is 1. The highest BCUT2D eigenvalue weighted by Crippen LogP contribution is 2.50. The van der Waals surface area contributed by atoms with Crippen LogP contribution in [0.3, 0.4) is 0 Å². The van der Waals surface area contributed by atoms with Gasteiger partial charge in [-0.1, -0.05) is 0 Å². The molecule has 2 bridgehead atoms. The van der Waals surface area contributed by atoms with Gasteiger partial charge in [-0.2, -0.15) is 0 Å². The van der Waals surface area contributed by atoms with E-state index in [0.717, 1.165) is 19.3 Å². The highest BCUT2D eigenvalue weighted by Gasteiger charge is 2.53. The van der Waals surface area contributed by atoms with Crippen LogP contribution in [0.4, 0.5) is 0 Å². The topological polar surface area (TPSA) is 74.7 Å². The molecule has 0 radical (unpaired) electrons. The van der Waals surface area contributed by atoms with Crippen LogP contribution in [0, 0.1) is 17.8 Å². The highest BCUT2D eigenvalue weighted by molar-refractivity contribution is 7.91. The molecule has 0 aromatic rings. The van der Waals surface area contributed by atoms with E-state index in [0.29, 0.717) is 24.9 Å². The fourth-order valence-corrected chi connectivity index (χ4v) is 5.39. The van der Waals surface area contributed by atoms with Crippen LogP contribution in [0.2, 0.25) is 0 Å². The van der Waals surface area contributed by atoms with Crippen LogP contribution < -0.4 is 0 Å². The van der Waals surface area contributed by atoms with Gasteiger partial charge in [0.25, 0.3) is 0 Å². The second-order valence-corrected chi connectivity index (χ2v) is 8.18. The number of fused-ring (bicyclic) bond motifs is 2. The van der Waals surface area contributed by atoms with Gasteiger partial charge in [0, 0.05) is 19.1 Å². The Labute approximate surface area is 107 Å². The van der Waals surface area contributed by atoms with Crippen LogP contribution in [0.5, 0.6) is 0 Å². The smallest absolute Gasteiger partial charge is 0.308 e. The summed E-state index contributed by atoms with van der Waals surface area (Å²) in [7, 11) is -2.89. The summed E-state index contributed by atoms with van der Waals surface area (Å²) in [6.07, 6.45) is 3.16. The van der Waals surface area contributed by atoms with Crippen molar-refractivity contribution in [1.82, 2.24) is 4.90 Å². The first-order valence-corrected chi connectivity index (χ1v) is 8.47. The Morgan fingerprint density at radius 3 is 2.33 bits per heavy atom. The van der Waals surface area contributed by atoms with Crippen LogP contribution in [-0.4, -0.2) is 55.0 Å². The van der Waals surface area contributed by atoms with Crippen molar-refractivity contribution in [2.24, 2.45) is 17.8 Å². The van der Waals surface area contributed by atoms with E-state index < -0.39 is 15.8 Å². The molecule has 1 heterocycles. The largest absolute Gasteiger partial charge is 0.481 e. The van der Waals surface area contributed by atoms with Gasteiger partial charge in [0.1, 0.15) is 0 Å². The maximum absolute atomic E-state index is 11.4. The summed E-state index contributed by atoms with van der Waals surface area (Å²) < 4.78 is 22.9. The van der Waals surface area contributed by atoms with E-state index in [-0.39, 0.29) is 23.5 Å². The number of hydrogen-bond acceptors (Lipinski definition) is 4. The van der Waals surface area contributed by atoms with Crippen LogP contribution >= 0.6 is 0 Å². The third-order valence-corrected chi connectivity index (χ3v) is 6.57.